The molecule has 3 rings (SSSR count). The molecule has 0 saturated heterocycles. The second-order valence-corrected chi connectivity index (χ2v) is 10.2. The van der Waals surface area contributed by atoms with Gasteiger partial charge in [-0.1, -0.05) is 12.1 Å². The molecule has 0 radical (unpaired) electrons. The van der Waals surface area contributed by atoms with Crippen LogP contribution in [0.5, 0.6) is 0 Å². The number of nitriles is 1. The Morgan fingerprint density at radius 2 is 1.97 bits per heavy atom. The number of hydrogen-bond donors (Lipinski definition) is 1. The smallest absolute Gasteiger partial charge is 0.257 e. The zero-order chi connectivity index (χ0) is 23.5. The number of amides is 1. The van der Waals surface area contributed by atoms with E-state index in [1.54, 1.807) is 54.3 Å². The number of benzene rings is 1. The molecule has 1 unspecified atom stereocenters. The largest absolute Gasteiger partial charge is 0.348 e. The lowest BCUT2D eigenvalue weighted by Gasteiger charge is -2.15. The van der Waals surface area contributed by atoms with E-state index in [2.05, 4.69) is 30.6 Å². The molecule has 0 aliphatic heterocycles. The first-order valence-electron chi connectivity index (χ1n) is 9.45. The number of rotatable bonds is 5. The number of nitrogens with zero attached hydrogens (tertiary/aromatic N) is 4. The summed E-state index contributed by atoms with van der Waals surface area (Å²) in [6.07, 6.45) is 7.84. The van der Waals surface area contributed by atoms with Crippen molar-refractivity contribution >= 4 is 31.6 Å². The maximum Gasteiger partial charge on any atom is 0.257 e. The van der Waals surface area contributed by atoms with Gasteiger partial charge < -0.3 is 9.88 Å². The third-order valence-electron chi connectivity index (χ3n) is 4.79. The van der Waals surface area contributed by atoms with Crippen molar-refractivity contribution in [1.29, 1.82) is 5.26 Å². The number of aryl methyl sites for hydroxylation is 1. The van der Waals surface area contributed by atoms with Crippen LogP contribution in [0, 0.1) is 25.3 Å². The van der Waals surface area contributed by atoms with Gasteiger partial charge in [-0.15, -0.1) is 4.36 Å². The summed E-state index contributed by atoms with van der Waals surface area (Å²) in [5.41, 5.74) is 2.66. The summed E-state index contributed by atoms with van der Waals surface area (Å²) in [7, 11) is -2.78. The van der Waals surface area contributed by atoms with Crippen molar-refractivity contribution in [3.8, 4) is 11.9 Å². The highest BCUT2D eigenvalue weighted by atomic mass is 79.9. The zero-order valence-electron chi connectivity index (χ0n) is 17.6. The molecule has 0 aliphatic carbocycles. The average molecular weight is 514 g/mol. The minimum absolute atomic E-state index is 0.00926. The molecule has 1 atom stereocenters. The standard InChI is InChI=1S/C22H20BrN5O3S/c1-14-8-17(11-25-9-14)28-12-19(21(29)20(23)15(28)2)22(30)26-10-16-4-6-18(7-5-16)32(3,31)27-13-24/h4-9,11-12H,10H2,1-3H3,(H,26,30). The van der Waals surface area contributed by atoms with Crippen molar-refractivity contribution in [1.82, 2.24) is 14.9 Å². The molecule has 8 nitrogen and oxygen atoms in total. The van der Waals surface area contributed by atoms with E-state index in [1.807, 2.05) is 13.0 Å². The molecule has 0 fully saturated rings. The van der Waals surface area contributed by atoms with Crippen molar-refractivity contribution < 1.29 is 9.00 Å². The molecule has 0 saturated carbocycles. The first-order chi connectivity index (χ1) is 15.1. The second-order valence-electron chi connectivity index (χ2n) is 7.18. The van der Waals surface area contributed by atoms with Crippen LogP contribution < -0.4 is 10.7 Å². The van der Waals surface area contributed by atoms with Crippen LogP contribution in [-0.2, 0) is 16.3 Å². The Kier molecular flexibility index (Phi) is 6.91. The first kappa shape index (κ1) is 23.4. The maximum absolute atomic E-state index is 12.8. The summed E-state index contributed by atoms with van der Waals surface area (Å²) >= 11 is 3.31. The van der Waals surface area contributed by atoms with E-state index in [-0.39, 0.29) is 12.1 Å². The molecule has 1 amide bonds. The van der Waals surface area contributed by atoms with Crippen LogP contribution in [0.4, 0.5) is 0 Å². The van der Waals surface area contributed by atoms with Crippen LogP contribution in [0.15, 0.2) is 67.4 Å². The topological polar surface area (TPSA) is 117 Å². The number of hydrogen-bond acceptors (Lipinski definition) is 6. The minimum atomic E-state index is -2.78. The number of pyridine rings is 2. The van der Waals surface area contributed by atoms with Gasteiger partial charge in [0.2, 0.25) is 11.6 Å². The lowest BCUT2D eigenvalue weighted by molar-refractivity contribution is 0.0949. The van der Waals surface area contributed by atoms with Crippen LogP contribution in [0.2, 0.25) is 0 Å². The van der Waals surface area contributed by atoms with Gasteiger partial charge in [0.25, 0.3) is 5.91 Å². The van der Waals surface area contributed by atoms with E-state index < -0.39 is 21.1 Å². The van der Waals surface area contributed by atoms with Gasteiger partial charge in [0.1, 0.15) is 5.56 Å². The van der Waals surface area contributed by atoms with Crippen LogP contribution in [0.1, 0.15) is 27.2 Å². The Morgan fingerprint density at radius 1 is 1.28 bits per heavy atom. The summed E-state index contributed by atoms with van der Waals surface area (Å²) in [6.45, 7) is 3.85. The molecule has 0 aliphatic rings. The van der Waals surface area contributed by atoms with Gasteiger partial charge in [0.15, 0.2) is 0 Å². The van der Waals surface area contributed by atoms with Gasteiger partial charge in [-0.05, 0) is 59.1 Å². The van der Waals surface area contributed by atoms with Crippen molar-refractivity contribution in [3.63, 3.8) is 0 Å². The Balaban J connectivity index is 1.86. The van der Waals surface area contributed by atoms with Gasteiger partial charge in [0, 0.05) is 35.8 Å². The van der Waals surface area contributed by atoms with E-state index in [1.165, 1.54) is 12.5 Å². The minimum Gasteiger partial charge on any atom is -0.348 e. The van der Waals surface area contributed by atoms with Crippen LogP contribution >= 0.6 is 15.9 Å². The number of nitrogens with one attached hydrogen (secondary N) is 1. The molecule has 0 spiro atoms. The molecule has 2 aromatic heterocycles. The summed E-state index contributed by atoms with van der Waals surface area (Å²) in [6, 6.07) is 8.49. The Hall–Kier alpha value is -3.29. The fourth-order valence-corrected chi connectivity index (χ4v) is 4.35. The van der Waals surface area contributed by atoms with Crippen LogP contribution in [0.25, 0.3) is 5.69 Å². The third-order valence-corrected chi connectivity index (χ3v) is 7.30. The van der Waals surface area contributed by atoms with Crippen molar-refractivity contribution in [2.45, 2.75) is 25.3 Å². The fraction of sp³-hybridized carbons (Fsp3) is 0.182. The highest BCUT2D eigenvalue weighted by Gasteiger charge is 2.17. The van der Waals surface area contributed by atoms with Gasteiger partial charge in [-0.3, -0.25) is 14.6 Å². The Bertz CT molecular complexity index is 1410. The molecule has 1 N–H and O–H groups in total. The van der Waals surface area contributed by atoms with Gasteiger partial charge in [0.05, 0.1) is 26.1 Å². The zero-order valence-corrected chi connectivity index (χ0v) is 20.0. The van der Waals surface area contributed by atoms with Crippen LogP contribution in [0.3, 0.4) is 0 Å². The first-order valence-corrected chi connectivity index (χ1v) is 12.2. The lowest BCUT2D eigenvalue weighted by atomic mass is 10.2. The molecule has 2 heterocycles. The number of halogens is 1. The average Bonchev–Trinajstić information content (AvgIpc) is 2.76. The van der Waals surface area contributed by atoms with E-state index in [0.717, 1.165) is 16.8 Å². The summed E-state index contributed by atoms with van der Waals surface area (Å²) in [5.74, 6) is -0.520. The highest BCUT2D eigenvalue weighted by molar-refractivity contribution is 9.10. The van der Waals surface area contributed by atoms with Crippen molar-refractivity contribution in [3.05, 3.63) is 86.0 Å². The normalized spacial score (nSPS) is 12.5. The second kappa shape index (κ2) is 9.46. The van der Waals surface area contributed by atoms with Gasteiger partial charge >= 0.3 is 0 Å². The molecular formula is C22H20BrN5O3S. The number of aromatic nitrogens is 2. The predicted octanol–water partition coefficient (Wildman–Crippen LogP) is 3.48. The van der Waals surface area contributed by atoms with Crippen molar-refractivity contribution in [2.75, 3.05) is 6.26 Å². The molecular weight excluding hydrogens is 494 g/mol. The quantitative estimate of drug-likeness (QED) is 0.524. The molecule has 10 heteroatoms. The number of carbonyl (C=O) groups excluding carboxylic acids is 1. The third kappa shape index (κ3) is 4.95. The molecule has 164 valence electrons. The molecule has 32 heavy (non-hydrogen) atoms. The van der Waals surface area contributed by atoms with E-state index in [0.29, 0.717) is 15.1 Å². The molecule has 1 aromatic carbocycles. The monoisotopic (exact) mass is 513 g/mol. The summed E-state index contributed by atoms with van der Waals surface area (Å²) in [4.78, 5) is 30.1. The highest BCUT2D eigenvalue weighted by Crippen LogP contribution is 2.18. The van der Waals surface area contributed by atoms with Crippen LogP contribution in [-0.4, -0.2) is 25.9 Å². The molecule has 0 bridgehead atoms. The maximum atomic E-state index is 12.8. The van der Waals surface area contributed by atoms with Gasteiger partial charge in [-0.25, -0.2) is 4.21 Å². The number of carbonyl (C=O) groups is 1. The Morgan fingerprint density at radius 3 is 2.59 bits per heavy atom. The van der Waals surface area contributed by atoms with E-state index >= 15 is 0 Å². The fourth-order valence-electron chi connectivity index (χ4n) is 3.04. The Labute approximate surface area is 194 Å². The SMILES string of the molecule is Cc1cncc(-n2cc(C(=O)NCc3ccc(S(C)(=O)=NC#N)cc3)c(=O)c(Br)c2C)c1. The summed E-state index contributed by atoms with van der Waals surface area (Å²) < 4.78 is 17.8. The lowest BCUT2D eigenvalue weighted by Crippen LogP contribution is -2.30. The molecule has 3 aromatic rings. The van der Waals surface area contributed by atoms with E-state index in [4.69, 9.17) is 5.26 Å². The predicted molar refractivity (Wildman–Crippen MR) is 125 cm³/mol. The summed E-state index contributed by atoms with van der Waals surface area (Å²) in [5, 5.41) is 11.4. The van der Waals surface area contributed by atoms with E-state index in [9.17, 15) is 13.8 Å². The van der Waals surface area contributed by atoms with Gasteiger partial charge in [-0.2, -0.15) is 5.26 Å². The van der Waals surface area contributed by atoms with Crippen molar-refractivity contribution in [2.24, 2.45) is 4.36 Å².